The molecule has 2 aromatic rings. The van der Waals surface area contributed by atoms with Crippen molar-refractivity contribution in [2.45, 2.75) is 38.6 Å². The number of benzene rings is 2. The first kappa shape index (κ1) is 20.5. The molecule has 0 aliphatic rings. The number of amides is 1. The average Bonchev–Trinajstić information content (AvgIpc) is 2.70. The second-order valence-corrected chi connectivity index (χ2v) is 6.29. The zero-order valence-electron chi connectivity index (χ0n) is 15.5. The zero-order valence-corrected chi connectivity index (χ0v) is 15.5. The lowest BCUT2D eigenvalue weighted by atomic mass is 10.1. The van der Waals surface area contributed by atoms with Crippen molar-refractivity contribution in [2.24, 2.45) is 0 Å². The summed E-state index contributed by atoms with van der Waals surface area (Å²) >= 11 is 0. The van der Waals surface area contributed by atoms with E-state index in [1.54, 1.807) is 48.5 Å². The highest BCUT2D eigenvalue weighted by molar-refractivity contribution is 5.89. The smallest absolute Gasteiger partial charge is 0.356 e. The standard InChI is InChI=1S/C21H26N2O4/c1-2-3-7-14-22-20(25)19(15-16-10-12-18(24)13-11-16)23-27-21(26)17-8-5-4-6-9-17/h4-6,8-13,19,23-24H,2-3,7,14-15H2,1H3,(H,22,25)/t19-/m0/s1. The number of carbonyl (C=O) groups is 2. The maximum atomic E-state index is 12.5. The van der Waals surface area contributed by atoms with Gasteiger partial charge in [0.2, 0.25) is 5.91 Å². The monoisotopic (exact) mass is 370 g/mol. The Morgan fingerprint density at radius 3 is 2.41 bits per heavy atom. The Morgan fingerprint density at radius 1 is 1.04 bits per heavy atom. The second kappa shape index (κ2) is 11.0. The Morgan fingerprint density at radius 2 is 1.74 bits per heavy atom. The first-order chi connectivity index (χ1) is 13.1. The summed E-state index contributed by atoms with van der Waals surface area (Å²) in [6, 6.07) is 14.4. The van der Waals surface area contributed by atoms with E-state index in [2.05, 4.69) is 17.7 Å². The highest BCUT2D eigenvalue weighted by Crippen LogP contribution is 2.12. The molecule has 0 bridgehead atoms. The maximum Gasteiger partial charge on any atom is 0.356 e. The van der Waals surface area contributed by atoms with Crippen molar-refractivity contribution >= 4 is 11.9 Å². The highest BCUT2D eigenvalue weighted by atomic mass is 16.7. The van der Waals surface area contributed by atoms with Crippen LogP contribution in [0.1, 0.15) is 42.1 Å². The molecule has 1 amide bonds. The SMILES string of the molecule is CCCCCNC(=O)[C@H](Cc1ccc(O)cc1)NOC(=O)c1ccccc1. The van der Waals surface area contributed by atoms with E-state index in [-0.39, 0.29) is 11.7 Å². The number of rotatable bonds is 10. The number of aromatic hydroxyl groups is 1. The van der Waals surface area contributed by atoms with Crippen LogP contribution in [0.4, 0.5) is 0 Å². The van der Waals surface area contributed by atoms with Crippen LogP contribution in [0.5, 0.6) is 5.75 Å². The molecule has 6 nitrogen and oxygen atoms in total. The van der Waals surface area contributed by atoms with E-state index in [0.717, 1.165) is 24.8 Å². The normalized spacial score (nSPS) is 11.6. The van der Waals surface area contributed by atoms with Gasteiger partial charge in [0, 0.05) is 6.54 Å². The third kappa shape index (κ3) is 7.11. The van der Waals surface area contributed by atoms with Gasteiger partial charge in [-0.2, -0.15) is 0 Å². The molecule has 0 aliphatic heterocycles. The molecule has 0 aromatic heterocycles. The number of hydroxylamine groups is 1. The van der Waals surface area contributed by atoms with Gasteiger partial charge in [0.1, 0.15) is 11.8 Å². The van der Waals surface area contributed by atoms with Crippen molar-refractivity contribution in [1.82, 2.24) is 10.8 Å². The van der Waals surface area contributed by atoms with Crippen molar-refractivity contribution in [3.8, 4) is 5.75 Å². The summed E-state index contributed by atoms with van der Waals surface area (Å²) in [5.41, 5.74) is 3.84. The van der Waals surface area contributed by atoms with Gasteiger partial charge < -0.3 is 15.3 Å². The summed E-state index contributed by atoms with van der Waals surface area (Å²) in [7, 11) is 0. The molecule has 1 atom stereocenters. The molecular formula is C21H26N2O4. The quantitative estimate of drug-likeness (QED) is 0.442. The van der Waals surface area contributed by atoms with Gasteiger partial charge in [-0.25, -0.2) is 4.79 Å². The van der Waals surface area contributed by atoms with E-state index in [4.69, 9.17) is 4.84 Å². The summed E-state index contributed by atoms with van der Waals surface area (Å²) in [6.07, 6.45) is 3.33. The van der Waals surface area contributed by atoms with Crippen LogP contribution in [0.2, 0.25) is 0 Å². The molecule has 0 saturated carbocycles. The van der Waals surface area contributed by atoms with E-state index in [0.29, 0.717) is 18.5 Å². The minimum atomic E-state index is -0.733. The van der Waals surface area contributed by atoms with Gasteiger partial charge in [0.25, 0.3) is 0 Å². The van der Waals surface area contributed by atoms with Gasteiger partial charge in [-0.15, -0.1) is 5.48 Å². The number of phenols is 1. The second-order valence-electron chi connectivity index (χ2n) is 6.29. The van der Waals surface area contributed by atoms with Crippen molar-refractivity contribution in [3.05, 3.63) is 65.7 Å². The number of nitrogens with one attached hydrogen (secondary N) is 2. The Bertz CT molecular complexity index is 717. The fourth-order valence-electron chi connectivity index (χ4n) is 2.52. The highest BCUT2D eigenvalue weighted by Gasteiger charge is 2.21. The summed E-state index contributed by atoms with van der Waals surface area (Å²) < 4.78 is 0. The van der Waals surface area contributed by atoms with Gasteiger partial charge in [-0.3, -0.25) is 4.79 Å². The average molecular weight is 370 g/mol. The van der Waals surface area contributed by atoms with Crippen LogP contribution in [0.15, 0.2) is 54.6 Å². The predicted molar refractivity (Wildman–Crippen MR) is 103 cm³/mol. The van der Waals surface area contributed by atoms with Crippen molar-refractivity contribution in [3.63, 3.8) is 0 Å². The van der Waals surface area contributed by atoms with E-state index in [1.165, 1.54) is 0 Å². The van der Waals surface area contributed by atoms with Crippen LogP contribution in [0, 0.1) is 0 Å². The predicted octanol–water partition coefficient (Wildman–Crippen LogP) is 2.97. The van der Waals surface area contributed by atoms with E-state index < -0.39 is 12.0 Å². The molecule has 144 valence electrons. The van der Waals surface area contributed by atoms with Gasteiger partial charge in [-0.1, -0.05) is 50.1 Å². The molecule has 0 saturated heterocycles. The number of phenolic OH excluding ortho intramolecular Hbond substituents is 1. The van der Waals surface area contributed by atoms with Crippen molar-refractivity contribution in [2.75, 3.05) is 6.54 Å². The van der Waals surface area contributed by atoms with Gasteiger partial charge in [0.15, 0.2) is 0 Å². The third-order valence-corrected chi connectivity index (χ3v) is 4.08. The van der Waals surface area contributed by atoms with Crippen LogP contribution in [-0.4, -0.2) is 29.6 Å². The van der Waals surface area contributed by atoms with Gasteiger partial charge in [0.05, 0.1) is 5.56 Å². The molecule has 0 heterocycles. The van der Waals surface area contributed by atoms with Crippen LogP contribution in [0.3, 0.4) is 0 Å². The molecule has 6 heteroatoms. The minimum absolute atomic E-state index is 0.155. The first-order valence-corrected chi connectivity index (χ1v) is 9.17. The van der Waals surface area contributed by atoms with Crippen LogP contribution >= 0.6 is 0 Å². The lowest BCUT2D eigenvalue weighted by molar-refractivity contribution is -0.125. The fourth-order valence-corrected chi connectivity index (χ4v) is 2.52. The van der Waals surface area contributed by atoms with Crippen LogP contribution < -0.4 is 10.8 Å². The number of carbonyl (C=O) groups excluding carboxylic acids is 2. The van der Waals surface area contributed by atoms with E-state index in [9.17, 15) is 14.7 Å². The summed E-state index contributed by atoms with van der Waals surface area (Å²) in [5.74, 6) is -0.632. The summed E-state index contributed by atoms with van der Waals surface area (Å²) in [4.78, 5) is 29.8. The lowest BCUT2D eigenvalue weighted by Crippen LogP contribution is -2.46. The Kier molecular flexibility index (Phi) is 8.32. The molecule has 0 spiro atoms. The molecule has 2 aromatic carbocycles. The molecule has 0 aliphatic carbocycles. The third-order valence-electron chi connectivity index (χ3n) is 4.08. The summed E-state index contributed by atoms with van der Waals surface area (Å²) in [5, 5.41) is 12.3. The summed E-state index contributed by atoms with van der Waals surface area (Å²) in [6.45, 7) is 2.67. The van der Waals surface area contributed by atoms with E-state index >= 15 is 0 Å². The molecule has 0 radical (unpaired) electrons. The Hall–Kier alpha value is -2.86. The van der Waals surface area contributed by atoms with Crippen molar-refractivity contribution < 1.29 is 19.5 Å². The molecule has 3 N–H and O–H groups in total. The largest absolute Gasteiger partial charge is 0.508 e. The Labute approximate surface area is 159 Å². The maximum absolute atomic E-state index is 12.5. The van der Waals surface area contributed by atoms with Crippen LogP contribution in [0.25, 0.3) is 0 Å². The first-order valence-electron chi connectivity index (χ1n) is 9.17. The lowest BCUT2D eigenvalue weighted by Gasteiger charge is -2.18. The number of hydrogen-bond acceptors (Lipinski definition) is 5. The molecule has 27 heavy (non-hydrogen) atoms. The molecular weight excluding hydrogens is 344 g/mol. The van der Waals surface area contributed by atoms with Crippen LogP contribution in [-0.2, 0) is 16.1 Å². The molecule has 2 rings (SSSR count). The minimum Gasteiger partial charge on any atom is -0.508 e. The van der Waals surface area contributed by atoms with Gasteiger partial charge in [-0.05, 0) is 42.7 Å². The van der Waals surface area contributed by atoms with E-state index in [1.807, 2.05) is 6.07 Å². The molecule has 0 unspecified atom stereocenters. The molecule has 0 fully saturated rings. The van der Waals surface area contributed by atoms with Crippen molar-refractivity contribution in [1.29, 1.82) is 0 Å². The van der Waals surface area contributed by atoms with Gasteiger partial charge >= 0.3 is 5.97 Å². The fraction of sp³-hybridized carbons (Fsp3) is 0.333. The topological polar surface area (TPSA) is 87.7 Å². The number of unbranched alkanes of at least 4 members (excludes halogenated alkanes) is 2. The Balaban J connectivity index is 1.98. The number of hydrogen-bond donors (Lipinski definition) is 3. The zero-order chi connectivity index (χ0) is 19.5.